The molecule has 0 fully saturated rings. The van der Waals surface area contributed by atoms with Gasteiger partial charge in [0.25, 0.3) is 0 Å². The first-order valence-corrected chi connectivity index (χ1v) is 20.7. The fraction of sp³-hybridized carbons (Fsp3) is 0.519. The summed E-state index contributed by atoms with van der Waals surface area (Å²) in [6, 6.07) is 7.72. The van der Waals surface area contributed by atoms with Crippen molar-refractivity contribution in [3.8, 4) is 28.4 Å². The number of halogens is 1. The van der Waals surface area contributed by atoms with Crippen LogP contribution in [0.5, 0.6) is 11.6 Å². The summed E-state index contributed by atoms with van der Waals surface area (Å²) in [6.45, 7) is 6.89. The molecular weight excluding hydrogens is 566 g/mol. The maximum absolute atomic E-state index is 6.45. The second-order valence-corrected chi connectivity index (χ2v) is 22.7. The Morgan fingerprint density at radius 1 is 0.886 bits per heavy atom. The van der Waals surface area contributed by atoms with Gasteiger partial charge in [-0.1, -0.05) is 0 Å². The predicted octanol–water partition coefficient (Wildman–Crippen LogP) is 7.06. The Morgan fingerprint density at radius 2 is 1.54 bits per heavy atom. The number of rotatable bonds is 14. The van der Waals surface area contributed by atoms with Crippen LogP contribution < -0.4 is 13.2 Å². The third-order valence-electron chi connectivity index (χ3n) is 6.83. The van der Waals surface area contributed by atoms with Gasteiger partial charge in [-0.15, -0.1) is 0 Å². The van der Waals surface area contributed by atoms with E-state index in [2.05, 4.69) is 37.2 Å². The average Bonchev–Trinajstić information content (AvgIpc) is 3.38. The molecule has 2 heterocycles. The third kappa shape index (κ3) is 6.70. The Balaban J connectivity index is 2.12. The van der Waals surface area contributed by atoms with Gasteiger partial charge in [-0.05, 0) is 0 Å². The zero-order valence-electron chi connectivity index (χ0n) is 21.8. The van der Waals surface area contributed by atoms with Gasteiger partial charge in [0.05, 0.1) is 0 Å². The molecule has 3 rings (SSSR count). The van der Waals surface area contributed by atoms with E-state index in [1.807, 2.05) is 28.9 Å². The van der Waals surface area contributed by atoms with E-state index in [-0.39, 0.29) is 0 Å². The number of hydrogen-bond donors (Lipinski definition) is 0. The molecule has 0 saturated carbocycles. The molecule has 0 aliphatic heterocycles. The number of unbranched alkanes of at least 4 members (excludes halogenated alkanes) is 3. The molecule has 35 heavy (non-hydrogen) atoms. The van der Waals surface area contributed by atoms with E-state index in [0.717, 1.165) is 16.8 Å². The van der Waals surface area contributed by atoms with Gasteiger partial charge in [0.2, 0.25) is 0 Å². The van der Waals surface area contributed by atoms with Gasteiger partial charge in [0, 0.05) is 0 Å². The van der Waals surface area contributed by atoms with Gasteiger partial charge >= 0.3 is 220 Å². The van der Waals surface area contributed by atoms with E-state index in [9.17, 15) is 0 Å². The van der Waals surface area contributed by atoms with Gasteiger partial charge in [-0.3, -0.25) is 0 Å². The molecule has 0 unspecified atom stereocenters. The average molecular weight is 606 g/mol. The molecule has 0 spiro atoms. The minimum atomic E-state index is -2.69. The quantitative estimate of drug-likeness (QED) is 0.184. The number of ether oxygens (including phenoxy) is 2. The molecule has 3 aromatic rings. The van der Waals surface area contributed by atoms with Crippen molar-refractivity contribution in [1.82, 2.24) is 20.0 Å². The fourth-order valence-electron chi connectivity index (χ4n) is 4.76. The van der Waals surface area contributed by atoms with Crippen molar-refractivity contribution in [2.24, 2.45) is 0 Å². The van der Waals surface area contributed by atoms with E-state index in [1.54, 1.807) is 20.4 Å². The number of hydrogen-bond acceptors (Lipinski definition) is 5. The second kappa shape index (κ2) is 13.5. The molecule has 6 nitrogen and oxygen atoms in total. The van der Waals surface area contributed by atoms with Gasteiger partial charge < -0.3 is 0 Å². The van der Waals surface area contributed by atoms with Gasteiger partial charge in [0.15, 0.2) is 0 Å². The zero-order chi connectivity index (χ0) is 25.3. The van der Waals surface area contributed by atoms with E-state index >= 15 is 0 Å². The van der Waals surface area contributed by atoms with Crippen LogP contribution in [-0.4, -0.2) is 52.6 Å². The second-order valence-electron chi connectivity index (χ2n) is 9.23. The zero-order valence-corrected chi connectivity index (χ0v) is 25.4. The number of benzene rings is 1. The fourth-order valence-corrected chi connectivity index (χ4v) is 20.0. The van der Waals surface area contributed by atoms with E-state index < -0.39 is 18.4 Å². The van der Waals surface area contributed by atoms with Crippen LogP contribution in [0.4, 0.5) is 0 Å². The topological polar surface area (TPSA) is 62.1 Å². The first-order chi connectivity index (χ1) is 17.0. The molecule has 190 valence electrons. The Bertz CT molecular complexity index is 1070. The molecule has 0 radical (unpaired) electrons. The Kier molecular flexibility index (Phi) is 10.7. The molecule has 0 aliphatic carbocycles. The normalized spacial score (nSPS) is 11.6. The van der Waals surface area contributed by atoms with Crippen LogP contribution >= 0.6 is 11.6 Å². The standard InChI is InChI=1S/C15H12ClN4O2.3C4H9.Sn/c1-21-14-9-17-15(22-2)8-12(14)11-7-10(16)3-4-13(11)20-6-5-18-19-20;3*1-3-4-2;/h3-4,6-9H,1-2H3;3*1,3-4H2,2H3;. The maximum atomic E-state index is 6.45. The number of pyridine rings is 1. The number of aromatic nitrogens is 4. The summed E-state index contributed by atoms with van der Waals surface area (Å²) in [4.78, 5) is 4.29. The first-order valence-electron chi connectivity index (χ1n) is 12.8. The molecule has 0 saturated heterocycles. The van der Waals surface area contributed by atoms with Crippen molar-refractivity contribution < 1.29 is 9.47 Å². The SMILES string of the molecule is CCC[CH2][Sn]([CH2]CCC)([CH2]CCC)[c]1cn(-c2ccc(Cl)cc2-c2cc(OC)ncc2OC)nn1. The van der Waals surface area contributed by atoms with Crippen molar-refractivity contribution in [1.29, 1.82) is 0 Å². The summed E-state index contributed by atoms with van der Waals surface area (Å²) < 4.78 is 18.3. The van der Waals surface area contributed by atoms with Crippen molar-refractivity contribution in [3.05, 3.63) is 41.7 Å². The van der Waals surface area contributed by atoms with Crippen molar-refractivity contribution in [3.63, 3.8) is 0 Å². The Hall–Kier alpha value is -1.80. The molecule has 0 amide bonds. The van der Waals surface area contributed by atoms with Crippen molar-refractivity contribution >= 4 is 33.7 Å². The van der Waals surface area contributed by atoms with E-state index in [0.29, 0.717) is 16.7 Å². The van der Waals surface area contributed by atoms with Crippen LogP contribution in [0.3, 0.4) is 0 Å². The third-order valence-corrected chi connectivity index (χ3v) is 22.0. The predicted molar refractivity (Wildman–Crippen MR) is 147 cm³/mol. The number of nitrogens with zero attached hydrogens (tertiary/aromatic N) is 4. The molecule has 8 heteroatoms. The van der Waals surface area contributed by atoms with Gasteiger partial charge in [-0.25, -0.2) is 0 Å². The summed E-state index contributed by atoms with van der Waals surface area (Å²) in [6.07, 6.45) is 11.5. The Labute approximate surface area is 219 Å². The van der Waals surface area contributed by atoms with Crippen LogP contribution in [0.2, 0.25) is 18.3 Å². The summed E-state index contributed by atoms with van der Waals surface area (Å²) in [5, 5.41) is 10.2. The van der Waals surface area contributed by atoms with E-state index in [1.165, 1.54) is 55.5 Å². The van der Waals surface area contributed by atoms with Crippen LogP contribution in [-0.2, 0) is 0 Å². The summed E-state index contributed by atoms with van der Waals surface area (Å²) in [5.41, 5.74) is 2.68. The van der Waals surface area contributed by atoms with Crippen LogP contribution in [0.15, 0.2) is 36.7 Å². The van der Waals surface area contributed by atoms with Crippen molar-refractivity contribution in [2.45, 2.75) is 72.6 Å². The summed E-state index contributed by atoms with van der Waals surface area (Å²) in [5.74, 6) is 1.16. The van der Waals surface area contributed by atoms with Crippen LogP contribution in [0, 0.1) is 0 Å². The van der Waals surface area contributed by atoms with Crippen molar-refractivity contribution in [2.75, 3.05) is 14.2 Å². The van der Waals surface area contributed by atoms with Gasteiger partial charge in [0.1, 0.15) is 0 Å². The van der Waals surface area contributed by atoms with Gasteiger partial charge in [-0.2, -0.15) is 0 Å². The first kappa shape index (κ1) is 27.8. The molecule has 0 N–H and O–H groups in total. The summed E-state index contributed by atoms with van der Waals surface area (Å²) >= 11 is 3.76. The van der Waals surface area contributed by atoms with Crippen LogP contribution in [0.25, 0.3) is 16.8 Å². The molecule has 2 aromatic heterocycles. The number of methoxy groups -OCH3 is 2. The monoisotopic (exact) mass is 606 g/mol. The van der Waals surface area contributed by atoms with Crippen LogP contribution in [0.1, 0.15) is 59.3 Å². The molecular formula is C27H39ClN4O2Sn. The van der Waals surface area contributed by atoms with E-state index in [4.69, 9.17) is 26.2 Å². The Morgan fingerprint density at radius 3 is 2.11 bits per heavy atom. The summed E-state index contributed by atoms with van der Waals surface area (Å²) in [7, 11) is 3.25. The molecule has 0 aliphatic rings. The minimum absolute atomic E-state index is 0.514. The molecule has 0 atom stereocenters. The molecule has 1 aromatic carbocycles. The molecule has 0 bridgehead atoms.